The van der Waals surface area contributed by atoms with Gasteiger partial charge in [0, 0.05) is 49.6 Å². The normalized spacial score (nSPS) is 14.1. The second-order valence-electron chi connectivity index (χ2n) is 20.7. The highest BCUT2D eigenvalue weighted by atomic mass is 16.3. The minimum atomic E-state index is -0.485. The first-order valence-corrected chi connectivity index (χ1v) is 25.4. The molecule has 0 fully saturated rings. The molecule has 0 aliphatic heterocycles. The Hall–Kier alpha value is -9.18. The molecular formula is C70H45NO2. The molecule has 73 heavy (non-hydrogen) atoms. The van der Waals surface area contributed by atoms with Gasteiger partial charge in [-0.3, -0.25) is 0 Å². The zero-order valence-electron chi connectivity index (χ0n) is 40.3. The van der Waals surface area contributed by atoms with E-state index in [1.807, 2.05) is 0 Å². The number of benzene rings is 11. The molecule has 0 amide bonds. The maximum Gasteiger partial charge on any atom is 0.144 e. The number of rotatable bonds is 5. The van der Waals surface area contributed by atoms with Crippen LogP contribution in [0.3, 0.4) is 0 Å². The van der Waals surface area contributed by atoms with E-state index in [0.29, 0.717) is 0 Å². The van der Waals surface area contributed by atoms with Crippen LogP contribution in [0.2, 0.25) is 0 Å². The van der Waals surface area contributed by atoms with Gasteiger partial charge in [0.15, 0.2) is 0 Å². The van der Waals surface area contributed by atoms with Gasteiger partial charge in [0.2, 0.25) is 0 Å². The van der Waals surface area contributed by atoms with Crippen molar-refractivity contribution in [2.45, 2.75) is 24.7 Å². The molecule has 3 nitrogen and oxygen atoms in total. The third-order valence-corrected chi connectivity index (χ3v) is 16.7. The van der Waals surface area contributed by atoms with E-state index in [1.54, 1.807) is 0 Å². The molecule has 1 spiro atoms. The lowest BCUT2D eigenvalue weighted by molar-refractivity contribution is 0.660. The lowest BCUT2D eigenvalue weighted by atomic mass is 9.70. The highest BCUT2D eigenvalue weighted by molar-refractivity contribution is 6.24. The number of nitrogens with zero attached hydrogens (tertiary/aromatic N) is 1. The Kier molecular flexibility index (Phi) is 8.16. The van der Waals surface area contributed by atoms with E-state index < -0.39 is 5.41 Å². The lowest BCUT2D eigenvalue weighted by Crippen LogP contribution is -2.26. The molecule has 0 bridgehead atoms. The quantitative estimate of drug-likeness (QED) is 0.172. The first-order chi connectivity index (χ1) is 35.9. The molecule has 0 unspecified atom stereocenters. The van der Waals surface area contributed by atoms with E-state index in [-0.39, 0.29) is 5.41 Å². The fraction of sp³-hybridized carbons (Fsp3) is 0.0571. The van der Waals surface area contributed by atoms with Crippen LogP contribution in [0, 0.1) is 0 Å². The fourth-order valence-corrected chi connectivity index (χ4v) is 13.5. The van der Waals surface area contributed by atoms with E-state index in [9.17, 15) is 0 Å². The molecule has 3 aliphatic rings. The van der Waals surface area contributed by atoms with E-state index in [4.69, 9.17) is 8.83 Å². The fourth-order valence-electron chi connectivity index (χ4n) is 13.5. The standard InChI is InChI=1S/C70H45NO2/c1-69(2)57-26-11-6-21-48(57)52-34-31-44(38-61(52)69)66-67-54-25-10-15-30-63(54)72-65(67)41-56-55-39-46(33-36-64(55)73-68(56)66)71(45-20-16-19-43(37-45)42-17-4-3-5-18-42)47-32-35-53-51-24-9-14-29-60(51)70(62(53)40-47)58-27-12-7-22-49(58)50-23-8-13-28-59(50)70/h3-41H,1-2H3. The van der Waals surface area contributed by atoms with Crippen LogP contribution in [0.25, 0.3) is 99.5 Å². The predicted molar refractivity (Wildman–Crippen MR) is 300 cm³/mol. The summed E-state index contributed by atoms with van der Waals surface area (Å²) in [6.07, 6.45) is 0. The molecule has 0 radical (unpaired) electrons. The summed E-state index contributed by atoms with van der Waals surface area (Å²) in [5.74, 6) is 0. The molecule has 3 heteroatoms. The molecule has 0 saturated carbocycles. The second kappa shape index (κ2) is 14.7. The van der Waals surface area contributed by atoms with Crippen LogP contribution < -0.4 is 4.90 Å². The van der Waals surface area contributed by atoms with Crippen LogP contribution in [-0.4, -0.2) is 0 Å². The number of para-hydroxylation sites is 1. The monoisotopic (exact) mass is 931 g/mol. The van der Waals surface area contributed by atoms with Gasteiger partial charge in [0.25, 0.3) is 0 Å². The number of hydrogen-bond donors (Lipinski definition) is 0. The van der Waals surface area contributed by atoms with Gasteiger partial charge >= 0.3 is 0 Å². The molecule has 0 N–H and O–H groups in total. The molecule has 2 aromatic heterocycles. The van der Waals surface area contributed by atoms with Crippen LogP contribution in [0.15, 0.2) is 245 Å². The zero-order chi connectivity index (χ0) is 48.2. The SMILES string of the molecule is CC1(C)c2ccccc2-c2ccc(-c3c4oc5ccc(N(c6cccc(-c7ccccc7)c6)c6ccc7c(c6)C6(c8ccccc8-c8ccccc86)c6ccccc6-7)cc5c4cc4oc5ccccc5c34)cc21. The Morgan fingerprint density at radius 3 is 1.60 bits per heavy atom. The highest BCUT2D eigenvalue weighted by Gasteiger charge is 2.51. The minimum Gasteiger partial charge on any atom is -0.456 e. The van der Waals surface area contributed by atoms with Gasteiger partial charge in [-0.1, -0.05) is 190 Å². The topological polar surface area (TPSA) is 29.5 Å². The van der Waals surface area contributed by atoms with Crippen LogP contribution >= 0.6 is 0 Å². The smallest absolute Gasteiger partial charge is 0.144 e. The summed E-state index contributed by atoms with van der Waals surface area (Å²) >= 11 is 0. The maximum atomic E-state index is 7.19. The zero-order valence-corrected chi connectivity index (χ0v) is 40.3. The Bertz CT molecular complexity index is 4430. The van der Waals surface area contributed by atoms with Crippen molar-refractivity contribution in [2.24, 2.45) is 0 Å². The Balaban J connectivity index is 0.943. The van der Waals surface area contributed by atoms with Crippen molar-refractivity contribution in [1.29, 1.82) is 0 Å². The second-order valence-corrected chi connectivity index (χ2v) is 20.7. The number of hydrogen-bond acceptors (Lipinski definition) is 3. The Labute approximate surface area is 422 Å². The average molecular weight is 932 g/mol. The van der Waals surface area contributed by atoms with Crippen molar-refractivity contribution in [3.8, 4) is 55.6 Å². The van der Waals surface area contributed by atoms with Gasteiger partial charge < -0.3 is 13.7 Å². The summed E-state index contributed by atoms with van der Waals surface area (Å²) in [7, 11) is 0. The molecule has 11 aromatic carbocycles. The van der Waals surface area contributed by atoms with E-state index >= 15 is 0 Å². The lowest BCUT2D eigenvalue weighted by Gasteiger charge is -2.32. The Morgan fingerprint density at radius 1 is 0.315 bits per heavy atom. The van der Waals surface area contributed by atoms with Crippen molar-refractivity contribution in [1.82, 2.24) is 0 Å². The third-order valence-electron chi connectivity index (χ3n) is 16.7. The van der Waals surface area contributed by atoms with Crippen LogP contribution in [-0.2, 0) is 10.8 Å². The van der Waals surface area contributed by atoms with Gasteiger partial charge in [0.1, 0.15) is 22.3 Å². The first-order valence-electron chi connectivity index (χ1n) is 25.4. The molecule has 342 valence electrons. The summed E-state index contributed by atoms with van der Waals surface area (Å²) in [5, 5.41) is 4.19. The van der Waals surface area contributed by atoms with Gasteiger partial charge in [-0.25, -0.2) is 0 Å². The largest absolute Gasteiger partial charge is 0.456 e. The van der Waals surface area contributed by atoms with Crippen LogP contribution in [0.1, 0.15) is 47.2 Å². The van der Waals surface area contributed by atoms with E-state index in [2.05, 4.69) is 255 Å². The average Bonchev–Trinajstić information content (AvgIpc) is 4.25. The number of anilines is 3. The van der Waals surface area contributed by atoms with Gasteiger partial charge in [-0.15, -0.1) is 0 Å². The minimum absolute atomic E-state index is 0.165. The Morgan fingerprint density at radius 2 is 0.863 bits per heavy atom. The molecule has 13 aromatic rings. The van der Waals surface area contributed by atoms with Crippen molar-refractivity contribution >= 4 is 60.9 Å². The van der Waals surface area contributed by atoms with E-state index in [1.165, 1.54) is 72.3 Å². The molecule has 0 saturated heterocycles. The summed E-state index contributed by atoms with van der Waals surface area (Å²) in [4.78, 5) is 2.44. The molecule has 0 atom stereocenters. The summed E-state index contributed by atoms with van der Waals surface area (Å²) in [6, 6.07) is 87.1. The highest BCUT2D eigenvalue weighted by Crippen LogP contribution is 2.63. The molecule has 16 rings (SSSR count). The molecule has 3 aliphatic carbocycles. The first kappa shape index (κ1) is 40.5. The summed E-state index contributed by atoms with van der Waals surface area (Å²) < 4.78 is 14.0. The van der Waals surface area contributed by atoms with Crippen molar-refractivity contribution in [3.63, 3.8) is 0 Å². The van der Waals surface area contributed by atoms with Crippen LogP contribution in [0.4, 0.5) is 17.1 Å². The van der Waals surface area contributed by atoms with Gasteiger partial charge in [-0.2, -0.15) is 0 Å². The van der Waals surface area contributed by atoms with Gasteiger partial charge in [0.05, 0.1) is 5.41 Å². The van der Waals surface area contributed by atoms with Crippen molar-refractivity contribution in [2.75, 3.05) is 4.90 Å². The number of furan rings is 2. The van der Waals surface area contributed by atoms with E-state index in [0.717, 1.165) is 77.6 Å². The predicted octanol–water partition coefficient (Wildman–Crippen LogP) is 18.9. The number of fused-ring (bicyclic) bond motifs is 19. The third kappa shape index (κ3) is 5.43. The van der Waals surface area contributed by atoms with Gasteiger partial charge in [-0.05, 0) is 144 Å². The molecule has 2 heterocycles. The maximum absolute atomic E-state index is 7.19. The van der Waals surface area contributed by atoms with Crippen LogP contribution in [0.5, 0.6) is 0 Å². The summed E-state index contributed by atoms with van der Waals surface area (Å²) in [5.41, 5.74) is 26.1. The van der Waals surface area contributed by atoms with Crippen molar-refractivity contribution < 1.29 is 8.83 Å². The van der Waals surface area contributed by atoms with Crippen molar-refractivity contribution in [3.05, 3.63) is 270 Å². The summed E-state index contributed by atoms with van der Waals surface area (Å²) in [6.45, 7) is 4.69. The molecular weight excluding hydrogens is 887 g/mol.